The van der Waals surface area contributed by atoms with Gasteiger partial charge in [-0.1, -0.05) is 49.3 Å². The van der Waals surface area contributed by atoms with Crippen LogP contribution in [0, 0.1) is 5.92 Å². The second-order valence-electron chi connectivity index (χ2n) is 6.82. The van der Waals surface area contributed by atoms with E-state index < -0.39 is 10.0 Å². The Morgan fingerprint density at radius 1 is 1.16 bits per heavy atom. The van der Waals surface area contributed by atoms with Crippen LogP contribution in [0.25, 0.3) is 11.0 Å². The SMILES string of the molecule is CC(C)C1CN(S(=O)(=O)Cc2noc3ccccc23)c2ccccc21. The third-order valence-corrected chi connectivity index (χ3v) is 6.53. The van der Waals surface area contributed by atoms with Crippen molar-refractivity contribution in [3.05, 3.63) is 59.8 Å². The van der Waals surface area contributed by atoms with Gasteiger partial charge in [0, 0.05) is 17.8 Å². The third-order valence-electron chi connectivity index (χ3n) is 4.88. The molecule has 5 nitrogen and oxygen atoms in total. The lowest BCUT2D eigenvalue weighted by molar-refractivity contribution is 0.448. The predicted octanol–water partition coefficient (Wildman–Crippen LogP) is 3.92. The van der Waals surface area contributed by atoms with Gasteiger partial charge in [0.25, 0.3) is 0 Å². The standard InChI is InChI=1S/C19H20N2O3S/c1-13(2)16-11-21(18-9-5-3-7-14(16)18)25(22,23)12-17-15-8-4-6-10-19(15)24-20-17/h3-10,13,16H,11-12H2,1-2H3. The number of hydrogen-bond acceptors (Lipinski definition) is 4. The second kappa shape index (κ2) is 5.88. The Kier molecular flexibility index (Phi) is 3.80. The molecule has 0 amide bonds. The average molecular weight is 356 g/mol. The van der Waals surface area contributed by atoms with E-state index in [4.69, 9.17) is 4.52 Å². The van der Waals surface area contributed by atoms with Gasteiger partial charge in [-0.15, -0.1) is 0 Å². The molecule has 130 valence electrons. The van der Waals surface area contributed by atoms with Crippen LogP contribution in [0.5, 0.6) is 0 Å². The molecule has 6 heteroatoms. The van der Waals surface area contributed by atoms with Crippen molar-refractivity contribution in [2.24, 2.45) is 5.92 Å². The topological polar surface area (TPSA) is 63.4 Å². The highest BCUT2D eigenvalue weighted by molar-refractivity contribution is 7.92. The summed E-state index contributed by atoms with van der Waals surface area (Å²) in [6.45, 7) is 4.74. The molecule has 0 aliphatic carbocycles. The molecule has 0 fully saturated rings. The molecule has 1 atom stereocenters. The molecule has 1 aromatic heterocycles. The molecule has 0 bridgehead atoms. The Morgan fingerprint density at radius 3 is 2.68 bits per heavy atom. The van der Waals surface area contributed by atoms with Crippen LogP contribution in [0.1, 0.15) is 31.0 Å². The Balaban J connectivity index is 1.71. The monoisotopic (exact) mass is 356 g/mol. The zero-order valence-electron chi connectivity index (χ0n) is 14.2. The van der Waals surface area contributed by atoms with Crippen molar-refractivity contribution in [2.75, 3.05) is 10.8 Å². The van der Waals surface area contributed by atoms with Gasteiger partial charge in [0.1, 0.15) is 11.4 Å². The van der Waals surface area contributed by atoms with Crippen molar-refractivity contribution in [1.82, 2.24) is 5.16 Å². The summed E-state index contributed by atoms with van der Waals surface area (Å²) in [7, 11) is -3.54. The van der Waals surface area contributed by atoms with Crippen LogP contribution in [-0.4, -0.2) is 20.1 Å². The summed E-state index contributed by atoms with van der Waals surface area (Å²) in [6, 6.07) is 15.1. The van der Waals surface area contributed by atoms with Gasteiger partial charge >= 0.3 is 0 Å². The van der Waals surface area contributed by atoms with Crippen molar-refractivity contribution >= 4 is 26.7 Å². The summed E-state index contributed by atoms with van der Waals surface area (Å²) in [5, 5.41) is 4.73. The highest BCUT2D eigenvalue weighted by atomic mass is 32.2. The quantitative estimate of drug-likeness (QED) is 0.711. The average Bonchev–Trinajstić information content (AvgIpc) is 3.17. The molecule has 2 aromatic carbocycles. The maximum atomic E-state index is 13.1. The lowest BCUT2D eigenvalue weighted by atomic mass is 9.90. The summed E-state index contributed by atoms with van der Waals surface area (Å²) in [5.74, 6) is 0.414. The van der Waals surface area contributed by atoms with E-state index in [0.29, 0.717) is 23.7 Å². The summed E-state index contributed by atoms with van der Waals surface area (Å²) in [6.07, 6.45) is 0. The lowest BCUT2D eigenvalue weighted by Crippen LogP contribution is -2.32. The van der Waals surface area contributed by atoms with Gasteiger partial charge in [-0.25, -0.2) is 8.42 Å². The number of para-hydroxylation sites is 2. The van der Waals surface area contributed by atoms with Crippen molar-refractivity contribution in [1.29, 1.82) is 0 Å². The summed E-state index contributed by atoms with van der Waals surface area (Å²) in [4.78, 5) is 0. The van der Waals surface area contributed by atoms with Gasteiger partial charge in [-0.3, -0.25) is 4.31 Å². The second-order valence-corrected chi connectivity index (χ2v) is 8.72. The van der Waals surface area contributed by atoms with Crippen LogP contribution in [-0.2, 0) is 15.8 Å². The first-order valence-electron chi connectivity index (χ1n) is 8.40. The summed E-state index contributed by atoms with van der Waals surface area (Å²) in [5.41, 5.74) is 2.95. The number of sulfonamides is 1. The minimum Gasteiger partial charge on any atom is -0.356 e. The highest BCUT2D eigenvalue weighted by Crippen LogP contribution is 2.42. The number of nitrogens with zero attached hydrogens (tertiary/aromatic N) is 2. The molecular formula is C19H20N2O3S. The molecule has 3 aromatic rings. The zero-order chi connectivity index (χ0) is 17.6. The van der Waals surface area contributed by atoms with Crippen LogP contribution in [0.2, 0.25) is 0 Å². The molecule has 4 rings (SSSR count). The van der Waals surface area contributed by atoms with Crippen LogP contribution < -0.4 is 4.31 Å². The van der Waals surface area contributed by atoms with Crippen LogP contribution >= 0.6 is 0 Å². The number of aromatic nitrogens is 1. The number of anilines is 1. The first-order valence-corrected chi connectivity index (χ1v) is 10.0. The first kappa shape index (κ1) is 16.1. The van der Waals surface area contributed by atoms with Crippen molar-refractivity contribution in [3.63, 3.8) is 0 Å². The molecule has 0 N–H and O–H groups in total. The van der Waals surface area contributed by atoms with E-state index in [-0.39, 0.29) is 11.7 Å². The predicted molar refractivity (Wildman–Crippen MR) is 98.0 cm³/mol. The van der Waals surface area contributed by atoms with E-state index in [2.05, 4.69) is 19.0 Å². The van der Waals surface area contributed by atoms with Crippen LogP contribution in [0.3, 0.4) is 0 Å². The summed E-state index contributed by atoms with van der Waals surface area (Å²) >= 11 is 0. The maximum absolute atomic E-state index is 13.1. The van der Waals surface area contributed by atoms with Gasteiger partial charge in [0.15, 0.2) is 5.58 Å². The van der Waals surface area contributed by atoms with Gasteiger partial charge in [0.2, 0.25) is 10.0 Å². The van der Waals surface area contributed by atoms with Gasteiger partial charge < -0.3 is 4.52 Å². The van der Waals surface area contributed by atoms with E-state index in [1.165, 1.54) is 4.31 Å². The van der Waals surface area contributed by atoms with Gasteiger partial charge in [-0.05, 0) is 29.7 Å². The Hall–Kier alpha value is -2.34. The van der Waals surface area contributed by atoms with Crippen molar-refractivity contribution in [3.8, 4) is 0 Å². The largest absolute Gasteiger partial charge is 0.356 e. The fourth-order valence-corrected chi connectivity index (χ4v) is 5.09. The molecule has 1 aliphatic rings. The van der Waals surface area contributed by atoms with Gasteiger partial charge in [0.05, 0.1) is 5.69 Å². The van der Waals surface area contributed by atoms with E-state index in [1.54, 1.807) is 6.07 Å². The molecule has 0 radical (unpaired) electrons. The minimum atomic E-state index is -3.54. The van der Waals surface area contributed by atoms with Crippen molar-refractivity contribution in [2.45, 2.75) is 25.5 Å². The number of hydrogen-bond donors (Lipinski definition) is 0. The molecule has 0 spiro atoms. The molecule has 2 heterocycles. The smallest absolute Gasteiger partial charge is 0.241 e. The summed E-state index contributed by atoms with van der Waals surface area (Å²) < 4.78 is 33.0. The molecule has 1 aliphatic heterocycles. The number of benzene rings is 2. The molecule has 0 saturated heterocycles. The normalized spacial score (nSPS) is 17.4. The Labute approximate surface area is 147 Å². The maximum Gasteiger partial charge on any atom is 0.241 e. The van der Waals surface area contributed by atoms with E-state index in [0.717, 1.165) is 16.6 Å². The van der Waals surface area contributed by atoms with Crippen LogP contribution in [0.15, 0.2) is 53.1 Å². The number of fused-ring (bicyclic) bond motifs is 2. The molecule has 1 unspecified atom stereocenters. The third kappa shape index (κ3) is 2.70. The van der Waals surface area contributed by atoms with E-state index >= 15 is 0 Å². The zero-order valence-corrected chi connectivity index (χ0v) is 15.0. The fourth-order valence-electron chi connectivity index (χ4n) is 3.53. The molecule has 0 saturated carbocycles. The van der Waals surface area contributed by atoms with Crippen LogP contribution in [0.4, 0.5) is 5.69 Å². The van der Waals surface area contributed by atoms with E-state index in [9.17, 15) is 8.42 Å². The Morgan fingerprint density at radius 2 is 1.88 bits per heavy atom. The number of rotatable bonds is 4. The molecular weight excluding hydrogens is 336 g/mol. The Bertz CT molecular complexity index is 1020. The first-order chi connectivity index (χ1) is 12.0. The molecule has 25 heavy (non-hydrogen) atoms. The fraction of sp³-hybridized carbons (Fsp3) is 0.316. The van der Waals surface area contributed by atoms with E-state index in [1.807, 2.05) is 42.5 Å². The lowest BCUT2D eigenvalue weighted by Gasteiger charge is -2.20. The minimum absolute atomic E-state index is 0.164. The highest BCUT2D eigenvalue weighted by Gasteiger charge is 2.37. The van der Waals surface area contributed by atoms with Gasteiger partial charge in [-0.2, -0.15) is 0 Å². The van der Waals surface area contributed by atoms with Crippen molar-refractivity contribution < 1.29 is 12.9 Å².